The van der Waals surface area contributed by atoms with Crippen LogP contribution in [0.3, 0.4) is 0 Å². The molecule has 0 unspecified atom stereocenters. The van der Waals surface area contributed by atoms with E-state index < -0.39 is 0 Å². The van der Waals surface area contributed by atoms with Crippen molar-refractivity contribution in [3.8, 4) is 5.75 Å². The van der Waals surface area contributed by atoms with Gasteiger partial charge in [-0.3, -0.25) is 9.59 Å². The summed E-state index contributed by atoms with van der Waals surface area (Å²) in [6.07, 6.45) is 1.44. The second-order valence-corrected chi connectivity index (χ2v) is 6.68. The minimum absolute atomic E-state index is 0.0729. The maximum Gasteiger partial charge on any atom is 0.291 e. The molecule has 2 amide bonds. The molecule has 0 saturated carbocycles. The lowest BCUT2D eigenvalue weighted by Gasteiger charge is -2.10. The lowest BCUT2D eigenvalue weighted by molar-refractivity contribution is -0.114. The van der Waals surface area contributed by atoms with Crippen LogP contribution in [-0.4, -0.2) is 25.0 Å². The maximum atomic E-state index is 12.2. The van der Waals surface area contributed by atoms with Gasteiger partial charge in [0.2, 0.25) is 5.91 Å². The number of anilines is 3. The monoisotopic (exact) mass is 405 g/mol. The van der Waals surface area contributed by atoms with Crippen molar-refractivity contribution in [3.05, 3.63) is 84.8 Å². The van der Waals surface area contributed by atoms with Crippen LogP contribution in [0.25, 0.3) is 0 Å². The molecule has 2 aromatic carbocycles. The predicted octanol–water partition coefficient (Wildman–Crippen LogP) is 4.54. The van der Waals surface area contributed by atoms with Crippen molar-refractivity contribution in [2.75, 3.05) is 29.1 Å². The number of nitrogens with one attached hydrogen (secondary N) is 3. The highest BCUT2D eigenvalue weighted by atomic mass is 16.5. The van der Waals surface area contributed by atoms with Crippen LogP contribution < -0.4 is 20.7 Å². The van der Waals surface area contributed by atoms with E-state index >= 15 is 0 Å². The second-order valence-electron chi connectivity index (χ2n) is 6.68. The largest absolute Gasteiger partial charge is 0.489 e. The molecule has 1 heterocycles. The molecule has 0 radical (unpaired) electrons. The highest BCUT2D eigenvalue weighted by Crippen LogP contribution is 2.18. The van der Waals surface area contributed by atoms with E-state index in [9.17, 15) is 9.59 Å². The van der Waals surface area contributed by atoms with Crippen LogP contribution in [0.5, 0.6) is 5.75 Å². The van der Waals surface area contributed by atoms with Gasteiger partial charge in [-0.15, -0.1) is 0 Å². The average molecular weight is 405 g/mol. The molecule has 154 valence electrons. The molecule has 7 heteroatoms. The van der Waals surface area contributed by atoms with Crippen molar-refractivity contribution in [1.82, 2.24) is 0 Å². The van der Waals surface area contributed by atoms with Gasteiger partial charge >= 0.3 is 0 Å². The van der Waals surface area contributed by atoms with E-state index in [1.165, 1.54) is 6.26 Å². The molecule has 0 bridgehead atoms. The number of rotatable bonds is 9. The predicted molar refractivity (Wildman–Crippen MR) is 117 cm³/mol. The first-order chi connectivity index (χ1) is 14.5. The fourth-order valence-corrected chi connectivity index (χ4v) is 2.54. The summed E-state index contributed by atoms with van der Waals surface area (Å²) in [6, 6.07) is 17.4. The van der Waals surface area contributed by atoms with Gasteiger partial charge in [0.25, 0.3) is 5.91 Å². The van der Waals surface area contributed by atoms with Crippen molar-refractivity contribution in [2.45, 2.75) is 6.92 Å². The Morgan fingerprint density at radius 1 is 0.967 bits per heavy atom. The minimum Gasteiger partial charge on any atom is -0.489 e. The zero-order chi connectivity index (χ0) is 21.3. The molecule has 3 N–H and O–H groups in total. The highest BCUT2D eigenvalue weighted by molar-refractivity contribution is 6.02. The van der Waals surface area contributed by atoms with E-state index in [2.05, 4.69) is 22.5 Å². The van der Waals surface area contributed by atoms with Crippen LogP contribution in [0.15, 0.2) is 83.5 Å². The Hall–Kier alpha value is -4.00. The summed E-state index contributed by atoms with van der Waals surface area (Å²) < 4.78 is 10.6. The molecule has 0 fully saturated rings. The van der Waals surface area contributed by atoms with Crippen molar-refractivity contribution in [2.24, 2.45) is 0 Å². The molecule has 0 aliphatic carbocycles. The standard InChI is InChI=1S/C23H23N3O4/c1-16(2)15-30-20-10-8-17(9-11-20)25-22(27)14-24-18-5-3-6-19(13-18)26-23(28)21-7-4-12-29-21/h3-13,24H,1,14-15H2,2H3,(H,25,27)(H,26,28). The number of benzene rings is 2. The van der Waals surface area contributed by atoms with Crippen LogP contribution in [0.4, 0.5) is 17.1 Å². The van der Waals surface area contributed by atoms with E-state index in [-0.39, 0.29) is 24.1 Å². The molecule has 30 heavy (non-hydrogen) atoms. The SMILES string of the molecule is C=C(C)COc1ccc(NC(=O)CNc2cccc(NC(=O)c3ccco3)c2)cc1. The summed E-state index contributed by atoms with van der Waals surface area (Å²) in [6.45, 7) is 6.21. The Balaban J connectivity index is 1.48. The molecule has 0 aliphatic heterocycles. The third-order valence-electron chi connectivity index (χ3n) is 3.94. The summed E-state index contributed by atoms with van der Waals surface area (Å²) in [4.78, 5) is 24.3. The Morgan fingerprint density at radius 3 is 2.43 bits per heavy atom. The van der Waals surface area contributed by atoms with E-state index in [4.69, 9.17) is 9.15 Å². The molecule has 7 nitrogen and oxygen atoms in total. The Morgan fingerprint density at radius 2 is 1.73 bits per heavy atom. The van der Waals surface area contributed by atoms with Gasteiger partial charge in [-0.2, -0.15) is 0 Å². The smallest absolute Gasteiger partial charge is 0.291 e. The van der Waals surface area contributed by atoms with Crippen LogP contribution in [-0.2, 0) is 4.79 Å². The summed E-state index contributed by atoms with van der Waals surface area (Å²) in [5, 5.41) is 8.59. The molecule has 0 aliphatic rings. The van der Waals surface area contributed by atoms with Crippen LogP contribution >= 0.6 is 0 Å². The van der Waals surface area contributed by atoms with E-state index in [1.54, 1.807) is 54.6 Å². The van der Waals surface area contributed by atoms with Gasteiger partial charge < -0.3 is 25.1 Å². The molecule has 0 spiro atoms. The lowest BCUT2D eigenvalue weighted by atomic mass is 10.2. The summed E-state index contributed by atoms with van der Waals surface area (Å²) in [5.41, 5.74) is 2.89. The first-order valence-electron chi connectivity index (χ1n) is 9.35. The van der Waals surface area contributed by atoms with Crippen molar-refractivity contribution >= 4 is 28.9 Å². The quantitative estimate of drug-likeness (QED) is 0.455. The molecule has 1 aromatic heterocycles. The normalized spacial score (nSPS) is 10.2. The molecule has 0 saturated heterocycles. The van der Waals surface area contributed by atoms with Gasteiger partial charge in [0, 0.05) is 17.1 Å². The number of ether oxygens (including phenoxy) is 1. The molecule has 3 aromatic rings. The fourth-order valence-electron chi connectivity index (χ4n) is 2.54. The minimum atomic E-state index is -0.342. The maximum absolute atomic E-state index is 12.2. The molecular weight excluding hydrogens is 382 g/mol. The Bertz CT molecular complexity index is 1010. The van der Waals surface area contributed by atoms with Crippen LogP contribution in [0.2, 0.25) is 0 Å². The van der Waals surface area contributed by atoms with Gasteiger partial charge in [-0.25, -0.2) is 0 Å². The van der Waals surface area contributed by atoms with Gasteiger partial charge in [0.15, 0.2) is 5.76 Å². The van der Waals surface area contributed by atoms with E-state index in [0.29, 0.717) is 29.4 Å². The highest BCUT2D eigenvalue weighted by Gasteiger charge is 2.09. The fraction of sp³-hybridized carbons (Fsp3) is 0.130. The van der Waals surface area contributed by atoms with Crippen LogP contribution in [0.1, 0.15) is 17.5 Å². The third-order valence-corrected chi connectivity index (χ3v) is 3.94. The van der Waals surface area contributed by atoms with Crippen LogP contribution in [0, 0.1) is 0 Å². The van der Waals surface area contributed by atoms with Crippen molar-refractivity contribution < 1.29 is 18.7 Å². The number of hydrogen-bond donors (Lipinski definition) is 3. The first-order valence-corrected chi connectivity index (χ1v) is 9.35. The summed E-state index contributed by atoms with van der Waals surface area (Å²) in [5.74, 6) is 0.396. The zero-order valence-corrected chi connectivity index (χ0v) is 16.6. The average Bonchev–Trinajstić information content (AvgIpc) is 3.27. The summed E-state index contributed by atoms with van der Waals surface area (Å²) in [7, 11) is 0. The zero-order valence-electron chi connectivity index (χ0n) is 16.6. The molecule has 3 rings (SSSR count). The Kier molecular flexibility index (Phi) is 6.89. The third kappa shape index (κ3) is 6.27. The van der Waals surface area contributed by atoms with Gasteiger partial charge in [-0.05, 0) is 67.1 Å². The molecular formula is C23H23N3O4. The topological polar surface area (TPSA) is 92.6 Å². The van der Waals surface area contributed by atoms with Crippen molar-refractivity contribution in [3.63, 3.8) is 0 Å². The second kappa shape index (κ2) is 9.97. The summed E-state index contributed by atoms with van der Waals surface area (Å²) >= 11 is 0. The van der Waals surface area contributed by atoms with Gasteiger partial charge in [0.1, 0.15) is 12.4 Å². The number of furan rings is 1. The number of carbonyl (C=O) groups is 2. The number of amides is 2. The molecule has 0 atom stereocenters. The number of carbonyl (C=O) groups excluding carboxylic acids is 2. The van der Waals surface area contributed by atoms with Crippen molar-refractivity contribution in [1.29, 1.82) is 0 Å². The Labute approximate surface area is 174 Å². The first kappa shape index (κ1) is 20.7. The lowest BCUT2D eigenvalue weighted by Crippen LogP contribution is -2.21. The van der Waals surface area contributed by atoms with Gasteiger partial charge in [0.05, 0.1) is 12.8 Å². The van der Waals surface area contributed by atoms with E-state index in [1.807, 2.05) is 13.0 Å². The van der Waals surface area contributed by atoms with Gasteiger partial charge in [-0.1, -0.05) is 12.6 Å². The number of hydrogen-bond acceptors (Lipinski definition) is 5. The van der Waals surface area contributed by atoms with E-state index in [0.717, 1.165) is 5.57 Å².